The van der Waals surface area contributed by atoms with Crippen LogP contribution in [-0.2, 0) is 9.59 Å². The number of aromatic nitrogens is 1. The van der Waals surface area contributed by atoms with E-state index in [0.717, 1.165) is 4.90 Å². The number of hydrogen-bond acceptors (Lipinski definition) is 7. The molecule has 2 aliphatic heterocycles. The van der Waals surface area contributed by atoms with E-state index in [0.29, 0.717) is 45.0 Å². The van der Waals surface area contributed by atoms with Gasteiger partial charge in [0.05, 0.1) is 11.4 Å². The minimum atomic E-state index is -0.463. The fourth-order valence-electron chi connectivity index (χ4n) is 4.71. The highest BCUT2D eigenvalue weighted by atomic mass is 31.1. The quantitative estimate of drug-likeness (QED) is 0.137. The van der Waals surface area contributed by atoms with E-state index in [2.05, 4.69) is 0 Å². The van der Waals surface area contributed by atoms with Gasteiger partial charge in [-0.1, -0.05) is 69.2 Å². The largest absolute Gasteiger partial charge is 0.491 e. The normalized spacial score (nSPS) is 13.5. The Kier molecular flexibility index (Phi) is 6.14. The molecule has 2 aliphatic rings. The zero-order valence-corrected chi connectivity index (χ0v) is 22.7. The van der Waals surface area contributed by atoms with Gasteiger partial charge in [0.1, 0.15) is 11.5 Å². The van der Waals surface area contributed by atoms with E-state index in [4.69, 9.17) is 14.2 Å². The third kappa shape index (κ3) is 4.42. The van der Waals surface area contributed by atoms with Crippen LogP contribution in [0.15, 0.2) is 109 Å². The first kappa shape index (κ1) is 25.4. The molecule has 1 aromatic heterocycles. The van der Waals surface area contributed by atoms with E-state index in [1.54, 1.807) is 48.5 Å². The highest BCUT2D eigenvalue weighted by molar-refractivity contribution is 7.56. The standard InChI is InChI=1S/C32H21N2O7P/c35-25-17-18-26(36)33(25)21-13-7-15-23(27(21)39-19-9-3-1-4-10-19)42-24-16-8-14-22(28(24)40-20-11-5-2-6-12-20)34-31(37)29-30(41-29)32(34)38/h1-18,37-38,42H. The molecule has 4 aromatic carbocycles. The molecule has 0 saturated heterocycles. The Labute approximate surface area is 241 Å². The number of anilines is 1. The maximum Gasteiger partial charge on any atom is 0.258 e. The van der Waals surface area contributed by atoms with Gasteiger partial charge in [-0.25, -0.2) is 9.47 Å². The average molecular weight is 577 g/mol. The summed E-state index contributed by atoms with van der Waals surface area (Å²) in [5.41, 5.74) is 0.706. The molecular weight excluding hydrogens is 555 g/mol. The number of carbonyl (C=O) groups is 2. The maximum absolute atomic E-state index is 12.7. The first-order valence-electron chi connectivity index (χ1n) is 12.9. The van der Waals surface area contributed by atoms with Crippen LogP contribution in [0.1, 0.15) is 0 Å². The second kappa shape index (κ2) is 10.1. The van der Waals surface area contributed by atoms with Crippen LogP contribution < -0.4 is 29.7 Å². The molecule has 0 radical (unpaired) electrons. The minimum Gasteiger partial charge on any atom is -0.491 e. The Hall–Kier alpha value is -5.53. The first-order chi connectivity index (χ1) is 20.5. The SMILES string of the molecule is O=C1C=CC(=O)N1c1cccc(Pc2cccc(-n3c(O)c4c(c3O)O4)c2Oc2ccccc2)c1Oc1ccccc1. The third-order valence-corrected chi connectivity index (χ3v) is 8.00. The number of imide groups is 1. The van der Waals surface area contributed by atoms with Gasteiger partial charge in [-0.3, -0.25) is 9.59 Å². The summed E-state index contributed by atoms with van der Waals surface area (Å²) in [5, 5.41) is 22.9. The molecular formula is C32H21N2O7P. The number of benzene rings is 4. The van der Waals surface area contributed by atoms with Crippen LogP contribution >= 0.6 is 8.58 Å². The highest BCUT2D eigenvalue weighted by Crippen LogP contribution is 2.62. The van der Waals surface area contributed by atoms with Gasteiger partial charge in [0.2, 0.25) is 23.3 Å². The van der Waals surface area contributed by atoms with Gasteiger partial charge in [0.15, 0.2) is 11.5 Å². The lowest BCUT2D eigenvalue weighted by Gasteiger charge is -2.22. The molecule has 1 unspecified atom stereocenters. The number of para-hydroxylation sites is 4. The topological polar surface area (TPSA) is 114 Å². The lowest BCUT2D eigenvalue weighted by molar-refractivity contribution is -0.120. The van der Waals surface area contributed by atoms with Crippen molar-refractivity contribution in [3.63, 3.8) is 0 Å². The van der Waals surface area contributed by atoms with Gasteiger partial charge >= 0.3 is 0 Å². The van der Waals surface area contributed by atoms with E-state index >= 15 is 0 Å². The maximum atomic E-state index is 12.7. The van der Waals surface area contributed by atoms with Crippen molar-refractivity contribution >= 4 is 36.7 Å². The molecule has 5 aromatic rings. The Balaban J connectivity index is 1.37. The van der Waals surface area contributed by atoms with Crippen molar-refractivity contribution in [2.24, 2.45) is 0 Å². The fourth-order valence-corrected chi connectivity index (χ4v) is 5.95. The number of nitrogens with zero attached hydrogens (tertiary/aromatic N) is 2. The molecule has 2 N–H and O–H groups in total. The summed E-state index contributed by atoms with van der Waals surface area (Å²) in [6.45, 7) is 0. The Morgan fingerprint density at radius 1 is 0.595 bits per heavy atom. The molecule has 3 heterocycles. The predicted molar refractivity (Wildman–Crippen MR) is 158 cm³/mol. The van der Waals surface area contributed by atoms with Crippen LogP contribution in [0.5, 0.6) is 46.3 Å². The molecule has 0 aliphatic carbocycles. The lowest BCUT2D eigenvalue weighted by Crippen LogP contribution is -2.30. The van der Waals surface area contributed by atoms with Gasteiger partial charge in [-0.15, -0.1) is 0 Å². The molecule has 0 spiro atoms. The van der Waals surface area contributed by atoms with E-state index in [1.165, 1.54) is 16.7 Å². The van der Waals surface area contributed by atoms with Crippen molar-refractivity contribution in [3.05, 3.63) is 109 Å². The van der Waals surface area contributed by atoms with Crippen molar-refractivity contribution in [2.75, 3.05) is 4.90 Å². The summed E-state index contributed by atoms with van der Waals surface area (Å²) in [6, 6.07) is 28.9. The van der Waals surface area contributed by atoms with Crippen LogP contribution in [0.3, 0.4) is 0 Å². The Morgan fingerprint density at radius 2 is 1.07 bits per heavy atom. The second-order valence-corrected chi connectivity index (χ2v) is 10.7. The molecule has 9 nitrogen and oxygen atoms in total. The zero-order valence-electron chi connectivity index (χ0n) is 21.7. The highest BCUT2D eigenvalue weighted by Gasteiger charge is 2.39. The summed E-state index contributed by atoms with van der Waals surface area (Å²) in [5.74, 6) is 0.820. The molecule has 206 valence electrons. The van der Waals surface area contributed by atoms with Crippen LogP contribution in [0.2, 0.25) is 0 Å². The van der Waals surface area contributed by atoms with Gasteiger partial charge in [0.25, 0.3) is 11.8 Å². The van der Waals surface area contributed by atoms with Crippen LogP contribution in [-0.4, -0.2) is 26.6 Å². The summed E-state index contributed by atoms with van der Waals surface area (Å²) in [6.07, 6.45) is 2.45. The van der Waals surface area contributed by atoms with E-state index in [9.17, 15) is 19.8 Å². The van der Waals surface area contributed by atoms with Crippen molar-refractivity contribution < 1.29 is 34.0 Å². The van der Waals surface area contributed by atoms with Gasteiger partial charge in [-0.2, -0.15) is 0 Å². The molecule has 0 saturated carbocycles. The van der Waals surface area contributed by atoms with Crippen LogP contribution in [0, 0.1) is 0 Å². The monoisotopic (exact) mass is 576 g/mol. The third-order valence-electron chi connectivity index (χ3n) is 6.67. The molecule has 2 amide bonds. The number of amides is 2. The van der Waals surface area contributed by atoms with Crippen molar-refractivity contribution in [2.45, 2.75) is 0 Å². The number of fused-ring (bicyclic) bond motifs is 1. The molecule has 1 atom stereocenters. The number of carbonyl (C=O) groups excluding carboxylic acids is 2. The molecule has 0 bridgehead atoms. The number of hydrogen-bond donors (Lipinski definition) is 2. The zero-order chi connectivity index (χ0) is 28.8. The molecule has 0 fully saturated rings. The smallest absolute Gasteiger partial charge is 0.258 e. The van der Waals surface area contributed by atoms with Gasteiger partial charge < -0.3 is 24.4 Å². The van der Waals surface area contributed by atoms with Gasteiger partial charge in [-0.05, 0) is 36.4 Å². The van der Waals surface area contributed by atoms with Crippen molar-refractivity contribution in [1.82, 2.24) is 4.57 Å². The molecule has 7 rings (SSSR count). The fraction of sp³-hybridized carbons (Fsp3) is 0. The van der Waals surface area contributed by atoms with E-state index in [1.807, 2.05) is 48.5 Å². The average Bonchev–Trinajstić information content (AvgIpc) is 3.69. The Bertz CT molecular complexity index is 1860. The first-order valence-corrected chi connectivity index (χ1v) is 13.9. The lowest BCUT2D eigenvalue weighted by atomic mass is 10.2. The van der Waals surface area contributed by atoms with E-state index < -0.39 is 11.8 Å². The van der Waals surface area contributed by atoms with Gasteiger partial charge in [0, 0.05) is 22.8 Å². The Morgan fingerprint density at radius 3 is 1.60 bits per heavy atom. The second-order valence-electron chi connectivity index (χ2n) is 9.35. The minimum absolute atomic E-state index is 0.0968. The van der Waals surface area contributed by atoms with Crippen molar-refractivity contribution in [1.29, 1.82) is 0 Å². The summed E-state index contributed by atoms with van der Waals surface area (Å²) >= 11 is 0. The number of rotatable bonds is 8. The van der Waals surface area contributed by atoms with Crippen LogP contribution in [0.4, 0.5) is 5.69 Å². The van der Waals surface area contributed by atoms with Crippen molar-refractivity contribution in [3.8, 4) is 51.9 Å². The number of aromatic hydroxyl groups is 2. The summed E-state index contributed by atoms with van der Waals surface area (Å²) < 4.78 is 19.1. The molecule has 10 heteroatoms. The predicted octanol–water partition coefficient (Wildman–Crippen LogP) is 5.64. The van der Waals surface area contributed by atoms with E-state index in [-0.39, 0.29) is 31.8 Å². The summed E-state index contributed by atoms with van der Waals surface area (Å²) in [7, 11) is -0.0968. The number of ether oxygens (including phenoxy) is 3. The molecule has 42 heavy (non-hydrogen) atoms. The summed E-state index contributed by atoms with van der Waals surface area (Å²) in [4.78, 5) is 26.4. The van der Waals surface area contributed by atoms with Crippen LogP contribution in [0.25, 0.3) is 5.69 Å².